The van der Waals surface area contributed by atoms with E-state index < -0.39 is 0 Å². The fourth-order valence-corrected chi connectivity index (χ4v) is 2.52. The third kappa shape index (κ3) is 1.64. The SMILES string of the molecule is CCc1[nH][c]([Ru])c(CC)c1CC. The molecule has 1 nitrogen and oxygen atoms in total. The van der Waals surface area contributed by atoms with Crippen LogP contribution in [0.1, 0.15) is 37.6 Å². The molecule has 0 spiro atoms. The van der Waals surface area contributed by atoms with Crippen molar-refractivity contribution >= 4 is 4.29 Å². The summed E-state index contributed by atoms with van der Waals surface area (Å²) in [7, 11) is 0. The van der Waals surface area contributed by atoms with Gasteiger partial charge in [0.2, 0.25) is 0 Å². The van der Waals surface area contributed by atoms with Crippen molar-refractivity contribution in [1.29, 1.82) is 0 Å². The van der Waals surface area contributed by atoms with Gasteiger partial charge in [-0.05, 0) is 0 Å². The zero-order valence-electron chi connectivity index (χ0n) is 7.97. The molecule has 0 radical (unpaired) electrons. The third-order valence-corrected chi connectivity index (χ3v) is 3.05. The Bertz CT molecular complexity index is 263. The van der Waals surface area contributed by atoms with Crippen LogP contribution in [-0.2, 0) is 37.6 Å². The molecule has 1 aromatic rings. The maximum absolute atomic E-state index is 3.43. The predicted molar refractivity (Wildman–Crippen MR) is 48.6 cm³/mol. The van der Waals surface area contributed by atoms with E-state index in [9.17, 15) is 0 Å². The second-order valence-corrected chi connectivity index (χ2v) is 3.79. The predicted octanol–water partition coefficient (Wildman–Crippen LogP) is 1.87. The standard InChI is InChI=1S/C10H16N.Ru/c1-4-8-7-11-10(6-3)9(8)5-2;/h11H,4-6H2,1-3H3;. The molecule has 1 aromatic heterocycles. The van der Waals surface area contributed by atoms with Crippen LogP contribution in [0.3, 0.4) is 0 Å². The molecule has 0 aliphatic carbocycles. The van der Waals surface area contributed by atoms with Crippen molar-refractivity contribution < 1.29 is 18.3 Å². The normalized spacial score (nSPS) is 10.7. The first-order chi connectivity index (χ1) is 5.74. The van der Waals surface area contributed by atoms with Gasteiger partial charge in [0.15, 0.2) is 0 Å². The molecule has 0 aromatic carbocycles. The topological polar surface area (TPSA) is 15.8 Å². The van der Waals surface area contributed by atoms with Crippen LogP contribution in [0.15, 0.2) is 0 Å². The number of hydrogen-bond acceptors (Lipinski definition) is 0. The average Bonchev–Trinajstić information content (AvgIpc) is 2.40. The molecule has 2 heteroatoms. The summed E-state index contributed by atoms with van der Waals surface area (Å²) in [5.41, 5.74) is 4.46. The van der Waals surface area contributed by atoms with E-state index >= 15 is 0 Å². The van der Waals surface area contributed by atoms with E-state index in [0.29, 0.717) is 0 Å². The number of aromatic nitrogens is 1. The molecule has 0 saturated heterocycles. The van der Waals surface area contributed by atoms with Crippen LogP contribution in [0.4, 0.5) is 0 Å². The maximum atomic E-state index is 3.43. The molecule has 69 valence electrons. The minimum atomic E-state index is 1.12. The average molecular weight is 251 g/mol. The van der Waals surface area contributed by atoms with Gasteiger partial charge in [0.1, 0.15) is 0 Å². The van der Waals surface area contributed by atoms with Gasteiger partial charge >= 0.3 is 84.4 Å². The number of aromatic amines is 1. The fraction of sp³-hybridized carbons (Fsp3) is 0.600. The second-order valence-electron chi connectivity index (χ2n) is 2.92. The Morgan fingerprint density at radius 3 is 2.00 bits per heavy atom. The van der Waals surface area contributed by atoms with E-state index in [1.54, 1.807) is 0 Å². The summed E-state index contributed by atoms with van der Waals surface area (Å²) in [6.07, 6.45) is 3.41. The number of hydrogen-bond donors (Lipinski definition) is 1. The van der Waals surface area contributed by atoms with Crippen molar-refractivity contribution in [2.75, 3.05) is 0 Å². The molecular weight excluding hydrogens is 235 g/mol. The molecule has 0 unspecified atom stereocenters. The molecule has 0 fully saturated rings. The summed E-state index contributed by atoms with van der Waals surface area (Å²) < 4.78 is 1.30. The summed E-state index contributed by atoms with van der Waals surface area (Å²) in [6.45, 7) is 6.65. The van der Waals surface area contributed by atoms with Crippen molar-refractivity contribution in [3.05, 3.63) is 16.8 Å². The first-order valence-corrected chi connectivity index (χ1v) is 5.48. The van der Waals surface area contributed by atoms with Crippen LogP contribution in [0.25, 0.3) is 0 Å². The van der Waals surface area contributed by atoms with E-state index in [1.165, 1.54) is 21.1 Å². The first-order valence-electron chi connectivity index (χ1n) is 4.61. The molecule has 0 atom stereocenters. The van der Waals surface area contributed by atoms with Crippen LogP contribution >= 0.6 is 0 Å². The molecule has 1 heterocycles. The minimum absolute atomic E-state index is 1.12. The Morgan fingerprint density at radius 2 is 1.58 bits per heavy atom. The van der Waals surface area contributed by atoms with Crippen molar-refractivity contribution in [2.24, 2.45) is 0 Å². The van der Waals surface area contributed by atoms with Crippen LogP contribution in [0.5, 0.6) is 0 Å². The van der Waals surface area contributed by atoms with E-state index in [2.05, 4.69) is 44.1 Å². The zero-order chi connectivity index (χ0) is 9.14. The van der Waals surface area contributed by atoms with Gasteiger partial charge in [0.25, 0.3) is 0 Å². The van der Waals surface area contributed by atoms with E-state index in [4.69, 9.17) is 0 Å². The second kappa shape index (κ2) is 4.23. The number of rotatable bonds is 3. The van der Waals surface area contributed by atoms with E-state index in [0.717, 1.165) is 19.3 Å². The molecule has 0 aliphatic heterocycles. The molecule has 0 saturated carbocycles. The monoisotopic (exact) mass is 252 g/mol. The van der Waals surface area contributed by atoms with Gasteiger partial charge in [0, 0.05) is 0 Å². The van der Waals surface area contributed by atoms with Crippen LogP contribution in [0.2, 0.25) is 0 Å². The van der Waals surface area contributed by atoms with Crippen molar-refractivity contribution in [1.82, 2.24) is 4.98 Å². The van der Waals surface area contributed by atoms with Gasteiger partial charge in [-0.3, -0.25) is 0 Å². The van der Waals surface area contributed by atoms with E-state index in [1.807, 2.05) is 0 Å². The van der Waals surface area contributed by atoms with Crippen molar-refractivity contribution in [3.63, 3.8) is 0 Å². The van der Waals surface area contributed by atoms with Gasteiger partial charge in [-0.15, -0.1) is 0 Å². The number of aryl methyl sites for hydroxylation is 1. The summed E-state index contributed by atoms with van der Waals surface area (Å²) in [5, 5.41) is 0. The zero-order valence-corrected chi connectivity index (χ0v) is 9.71. The quantitative estimate of drug-likeness (QED) is 0.789. The Labute approximate surface area is 84.6 Å². The molecule has 0 amide bonds. The first kappa shape index (κ1) is 9.99. The summed E-state index contributed by atoms with van der Waals surface area (Å²) >= 11 is 2.69. The molecule has 0 bridgehead atoms. The Morgan fingerprint density at radius 1 is 1.00 bits per heavy atom. The van der Waals surface area contributed by atoms with E-state index in [-0.39, 0.29) is 0 Å². The molecule has 0 aliphatic rings. The van der Waals surface area contributed by atoms with Crippen LogP contribution in [0, 0.1) is 0 Å². The van der Waals surface area contributed by atoms with Gasteiger partial charge in [0.05, 0.1) is 0 Å². The van der Waals surface area contributed by atoms with Crippen molar-refractivity contribution in [2.45, 2.75) is 40.0 Å². The van der Waals surface area contributed by atoms with Gasteiger partial charge in [-0.25, -0.2) is 0 Å². The summed E-state index contributed by atoms with van der Waals surface area (Å²) in [5.74, 6) is 0. The third-order valence-electron chi connectivity index (χ3n) is 2.30. The van der Waals surface area contributed by atoms with Gasteiger partial charge in [-0.2, -0.15) is 0 Å². The molecule has 12 heavy (non-hydrogen) atoms. The fourth-order valence-electron chi connectivity index (χ4n) is 1.68. The van der Waals surface area contributed by atoms with Gasteiger partial charge in [-0.1, -0.05) is 0 Å². The van der Waals surface area contributed by atoms with Crippen LogP contribution < -0.4 is 4.29 Å². The molecule has 1 N–H and O–H groups in total. The number of nitrogens with one attached hydrogen (secondary N) is 1. The summed E-state index contributed by atoms with van der Waals surface area (Å²) in [4.78, 5) is 3.43. The number of H-pyrrole nitrogens is 1. The summed E-state index contributed by atoms with van der Waals surface area (Å²) in [6, 6.07) is 0. The Kier molecular flexibility index (Phi) is 3.52. The Balaban J connectivity index is 3.16. The molecule has 1 rings (SSSR count). The Hall–Kier alpha value is -0.0966. The molecular formula is C10H16NRu. The van der Waals surface area contributed by atoms with Crippen LogP contribution in [-0.4, -0.2) is 4.98 Å². The van der Waals surface area contributed by atoms with Crippen molar-refractivity contribution in [3.8, 4) is 0 Å². The van der Waals surface area contributed by atoms with Gasteiger partial charge < -0.3 is 0 Å².